The van der Waals surface area contributed by atoms with E-state index in [-0.39, 0.29) is 11.7 Å². The summed E-state index contributed by atoms with van der Waals surface area (Å²) in [6.07, 6.45) is 4.46. The third-order valence-electron chi connectivity index (χ3n) is 4.06. The number of amides is 2. The smallest absolute Gasteiger partial charge is 0.323 e. The summed E-state index contributed by atoms with van der Waals surface area (Å²) in [7, 11) is 1.91. The van der Waals surface area contributed by atoms with Crippen LogP contribution in [0.4, 0.5) is 4.79 Å². The first-order valence-corrected chi connectivity index (χ1v) is 8.26. The summed E-state index contributed by atoms with van der Waals surface area (Å²) >= 11 is 0. The van der Waals surface area contributed by atoms with Gasteiger partial charge in [0.2, 0.25) is 0 Å². The number of H-pyrrole nitrogens is 2. The van der Waals surface area contributed by atoms with Crippen molar-refractivity contribution in [2.75, 3.05) is 6.54 Å². The lowest BCUT2D eigenvalue weighted by Gasteiger charge is -2.22. The Hall–Kier alpha value is -3.03. The molecule has 0 unspecified atom stereocenters. The summed E-state index contributed by atoms with van der Waals surface area (Å²) in [4.78, 5) is 35.3. The number of nitrogens with one attached hydrogen (secondary N) is 3. The molecule has 0 aliphatic heterocycles. The van der Waals surface area contributed by atoms with Crippen molar-refractivity contribution in [3.63, 3.8) is 0 Å². The van der Waals surface area contributed by atoms with Crippen molar-refractivity contribution in [3.05, 3.63) is 52.5 Å². The van der Waals surface area contributed by atoms with Crippen LogP contribution in [-0.2, 0) is 20.1 Å². The summed E-state index contributed by atoms with van der Waals surface area (Å²) in [5, 5.41) is 2.93. The van der Waals surface area contributed by atoms with Crippen LogP contribution in [-0.4, -0.2) is 37.0 Å². The number of carbonyl (C=O) groups excluding carboxylic acids is 1. The van der Waals surface area contributed by atoms with Crippen LogP contribution >= 0.6 is 0 Å². The van der Waals surface area contributed by atoms with Crippen LogP contribution in [0, 0.1) is 0 Å². The number of benzene rings is 1. The normalized spacial score (nSPS) is 11.0. The Balaban J connectivity index is 1.65. The minimum atomic E-state index is -0.236. The fraction of sp³-hybridized carbons (Fsp3) is 0.353. The first-order valence-electron chi connectivity index (χ1n) is 8.26. The standard InChI is InChI=1S/C17H22N6O2/c1-3-7-23(11-15-18-6-8-22(15)2)17(25)19-10-12-4-5-13-14(9-12)21-16(24)20-13/h4-6,8-9H,3,7,10-11H2,1-2H3,(H,19,25)(H2,20,21,24). The van der Waals surface area contributed by atoms with Crippen molar-refractivity contribution in [2.45, 2.75) is 26.4 Å². The van der Waals surface area contributed by atoms with E-state index in [2.05, 4.69) is 20.3 Å². The van der Waals surface area contributed by atoms with Crippen molar-refractivity contribution < 1.29 is 4.79 Å². The van der Waals surface area contributed by atoms with Crippen LogP contribution in [0.3, 0.4) is 0 Å². The van der Waals surface area contributed by atoms with Gasteiger partial charge in [0.05, 0.1) is 17.6 Å². The van der Waals surface area contributed by atoms with Crippen LogP contribution in [0.1, 0.15) is 24.7 Å². The molecule has 0 bridgehead atoms. The van der Waals surface area contributed by atoms with E-state index in [9.17, 15) is 9.59 Å². The molecule has 1 aromatic carbocycles. The zero-order chi connectivity index (χ0) is 17.8. The van der Waals surface area contributed by atoms with Crippen molar-refractivity contribution in [3.8, 4) is 0 Å². The molecule has 3 rings (SSSR count). The topological polar surface area (TPSA) is 98.8 Å². The lowest BCUT2D eigenvalue weighted by Crippen LogP contribution is -2.40. The average Bonchev–Trinajstić information content (AvgIpc) is 3.16. The van der Waals surface area contributed by atoms with Gasteiger partial charge in [-0.1, -0.05) is 13.0 Å². The average molecular weight is 342 g/mol. The molecular formula is C17H22N6O2. The van der Waals surface area contributed by atoms with Gasteiger partial charge in [0.25, 0.3) is 0 Å². The quantitative estimate of drug-likeness (QED) is 0.636. The van der Waals surface area contributed by atoms with E-state index in [1.54, 1.807) is 11.1 Å². The fourth-order valence-corrected chi connectivity index (χ4v) is 2.72. The highest BCUT2D eigenvalue weighted by atomic mass is 16.2. The molecular weight excluding hydrogens is 320 g/mol. The lowest BCUT2D eigenvalue weighted by molar-refractivity contribution is 0.192. The number of urea groups is 1. The molecule has 2 amide bonds. The lowest BCUT2D eigenvalue weighted by atomic mass is 10.2. The number of hydrogen-bond acceptors (Lipinski definition) is 3. The van der Waals surface area contributed by atoms with Crippen molar-refractivity contribution in [2.24, 2.45) is 7.05 Å². The van der Waals surface area contributed by atoms with Crippen LogP contribution < -0.4 is 11.0 Å². The summed E-state index contributed by atoms with van der Waals surface area (Å²) < 4.78 is 1.91. The van der Waals surface area contributed by atoms with Crippen LogP contribution in [0.5, 0.6) is 0 Å². The third-order valence-corrected chi connectivity index (χ3v) is 4.06. The first kappa shape index (κ1) is 16.8. The Morgan fingerprint density at radius 1 is 1.32 bits per heavy atom. The second-order valence-electron chi connectivity index (χ2n) is 5.99. The summed E-state index contributed by atoms with van der Waals surface area (Å²) in [6.45, 7) is 3.55. The minimum Gasteiger partial charge on any atom is -0.337 e. The molecule has 25 heavy (non-hydrogen) atoms. The molecule has 3 N–H and O–H groups in total. The molecule has 0 aliphatic carbocycles. The third kappa shape index (κ3) is 3.90. The van der Waals surface area contributed by atoms with Crippen LogP contribution in [0.25, 0.3) is 11.0 Å². The summed E-state index contributed by atoms with van der Waals surface area (Å²) in [6, 6.07) is 5.44. The Morgan fingerprint density at radius 2 is 2.12 bits per heavy atom. The Morgan fingerprint density at radius 3 is 2.84 bits per heavy atom. The van der Waals surface area contributed by atoms with Gasteiger partial charge in [-0.3, -0.25) is 0 Å². The SMILES string of the molecule is CCCN(Cc1nccn1C)C(=O)NCc1ccc2[nH]c(=O)[nH]c2c1. The maximum absolute atomic E-state index is 12.5. The molecule has 2 heterocycles. The molecule has 0 radical (unpaired) electrons. The zero-order valence-electron chi connectivity index (χ0n) is 14.4. The number of fused-ring (bicyclic) bond motifs is 1. The van der Waals surface area contributed by atoms with E-state index >= 15 is 0 Å². The van der Waals surface area contributed by atoms with E-state index in [0.29, 0.717) is 19.6 Å². The van der Waals surface area contributed by atoms with Crippen LogP contribution in [0.15, 0.2) is 35.4 Å². The number of hydrogen-bond donors (Lipinski definition) is 3. The highest BCUT2D eigenvalue weighted by Gasteiger charge is 2.15. The Bertz CT molecular complexity index is 923. The van der Waals surface area contributed by atoms with Gasteiger partial charge in [-0.15, -0.1) is 0 Å². The second kappa shape index (κ2) is 7.25. The van der Waals surface area contributed by atoms with Crippen molar-refractivity contribution in [1.29, 1.82) is 0 Å². The monoisotopic (exact) mass is 342 g/mol. The van der Waals surface area contributed by atoms with Gasteiger partial charge in [0.1, 0.15) is 5.82 Å². The molecule has 8 heteroatoms. The van der Waals surface area contributed by atoms with Gasteiger partial charge >= 0.3 is 11.7 Å². The number of nitrogens with zero attached hydrogens (tertiary/aromatic N) is 3. The highest BCUT2D eigenvalue weighted by Crippen LogP contribution is 2.10. The molecule has 0 atom stereocenters. The number of imidazole rings is 2. The van der Waals surface area contributed by atoms with Gasteiger partial charge in [0.15, 0.2) is 0 Å². The van der Waals surface area contributed by atoms with Crippen molar-refractivity contribution >= 4 is 17.1 Å². The maximum atomic E-state index is 12.5. The number of rotatable bonds is 6. The predicted molar refractivity (Wildman–Crippen MR) is 95.1 cm³/mol. The molecule has 132 valence electrons. The molecule has 0 saturated carbocycles. The van der Waals surface area contributed by atoms with Gasteiger partial charge in [-0.2, -0.15) is 0 Å². The van der Waals surface area contributed by atoms with E-state index in [0.717, 1.165) is 28.8 Å². The van der Waals surface area contributed by atoms with Gasteiger partial charge < -0.3 is 24.8 Å². The Labute approximate surface area is 144 Å². The van der Waals surface area contributed by atoms with Gasteiger partial charge in [-0.05, 0) is 24.1 Å². The van der Waals surface area contributed by atoms with E-state index in [4.69, 9.17) is 0 Å². The summed E-state index contributed by atoms with van der Waals surface area (Å²) in [5.74, 6) is 0.843. The first-order chi connectivity index (χ1) is 12.1. The second-order valence-corrected chi connectivity index (χ2v) is 5.99. The Kier molecular flexibility index (Phi) is 4.87. The van der Waals surface area contributed by atoms with Gasteiger partial charge in [0, 0.05) is 32.5 Å². The highest BCUT2D eigenvalue weighted by molar-refractivity contribution is 5.76. The number of aromatic amines is 2. The van der Waals surface area contributed by atoms with Crippen molar-refractivity contribution in [1.82, 2.24) is 29.7 Å². The van der Waals surface area contributed by atoms with E-state index in [1.165, 1.54) is 0 Å². The van der Waals surface area contributed by atoms with E-state index in [1.807, 2.05) is 42.9 Å². The molecule has 8 nitrogen and oxygen atoms in total. The maximum Gasteiger partial charge on any atom is 0.323 e. The fourth-order valence-electron chi connectivity index (χ4n) is 2.72. The number of carbonyl (C=O) groups is 1. The summed E-state index contributed by atoms with van der Waals surface area (Å²) in [5.41, 5.74) is 2.17. The molecule has 0 spiro atoms. The van der Waals surface area contributed by atoms with Gasteiger partial charge in [-0.25, -0.2) is 14.6 Å². The largest absolute Gasteiger partial charge is 0.337 e. The number of aromatic nitrogens is 4. The molecule has 0 saturated heterocycles. The molecule has 2 aromatic heterocycles. The molecule has 0 fully saturated rings. The number of aryl methyl sites for hydroxylation is 1. The predicted octanol–water partition coefficient (Wildman–Crippen LogP) is 1.71. The molecule has 3 aromatic rings. The van der Waals surface area contributed by atoms with E-state index < -0.39 is 0 Å². The van der Waals surface area contributed by atoms with Crippen LogP contribution in [0.2, 0.25) is 0 Å². The zero-order valence-corrected chi connectivity index (χ0v) is 14.4. The minimum absolute atomic E-state index is 0.132. The molecule has 0 aliphatic rings.